The molecule has 1 aliphatic carbocycles. The van der Waals surface area contributed by atoms with E-state index in [1.54, 1.807) is 22.8 Å². The molecule has 0 atom stereocenters. The van der Waals surface area contributed by atoms with Gasteiger partial charge in [0.2, 0.25) is 11.8 Å². The molecule has 3 N–H and O–H groups in total. The largest absolute Gasteiger partial charge is 0.495 e. The molecule has 0 spiro atoms. The van der Waals surface area contributed by atoms with Gasteiger partial charge in [-0.25, -0.2) is 0 Å². The summed E-state index contributed by atoms with van der Waals surface area (Å²) in [7, 11) is 1.51. The van der Waals surface area contributed by atoms with Crippen LogP contribution >= 0.6 is 23.4 Å². The first kappa shape index (κ1) is 18.5. The molecule has 1 saturated carbocycles. The number of aromatic nitrogens is 3. The summed E-state index contributed by atoms with van der Waals surface area (Å²) in [4.78, 5) is 23.6. The van der Waals surface area contributed by atoms with Gasteiger partial charge in [0.25, 0.3) is 0 Å². The lowest BCUT2D eigenvalue weighted by Gasteiger charge is -2.11. The zero-order valence-electron chi connectivity index (χ0n) is 14.1. The zero-order valence-corrected chi connectivity index (χ0v) is 15.6. The number of thioether (sulfide) groups is 1. The van der Waals surface area contributed by atoms with Gasteiger partial charge in [0.1, 0.15) is 18.1 Å². The third-order valence-electron chi connectivity index (χ3n) is 3.77. The smallest absolute Gasteiger partial charge is 0.237 e. The van der Waals surface area contributed by atoms with Crippen LogP contribution in [0.1, 0.15) is 24.6 Å². The van der Waals surface area contributed by atoms with Crippen molar-refractivity contribution in [3.8, 4) is 5.75 Å². The van der Waals surface area contributed by atoms with Crippen molar-refractivity contribution >= 4 is 40.9 Å². The number of carbonyl (C=O) groups is 2. The monoisotopic (exact) mass is 395 g/mol. The standard InChI is InChI=1S/C16H18ClN5O3S/c1-25-12-5-4-10(17)6-11(12)19-14(24)8-26-16-21-20-15(9-2-3-9)22(16)7-13(18)23/h4-6,9H,2-3,7-8H2,1H3,(H2,18,23)(H,19,24). The molecular weight excluding hydrogens is 378 g/mol. The molecule has 1 heterocycles. The van der Waals surface area contributed by atoms with E-state index in [2.05, 4.69) is 15.5 Å². The molecule has 8 nitrogen and oxygen atoms in total. The van der Waals surface area contributed by atoms with Crippen molar-refractivity contribution in [2.24, 2.45) is 5.73 Å². The quantitative estimate of drug-likeness (QED) is 0.661. The topological polar surface area (TPSA) is 112 Å². The Kier molecular flexibility index (Phi) is 5.67. The highest BCUT2D eigenvalue weighted by Crippen LogP contribution is 2.40. The first-order valence-electron chi connectivity index (χ1n) is 7.95. The molecule has 10 heteroatoms. The molecule has 1 fully saturated rings. The van der Waals surface area contributed by atoms with E-state index in [1.807, 2.05) is 0 Å². The maximum atomic E-state index is 12.3. The minimum Gasteiger partial charge on any atom is -0.495 e. The molecule has 1 aromatic carbocycles. The summed E-state index contributed by atoms with van der Waals surface area (Å²) in [6.45, 7) is 0.00486. The molecule has 2 aromatic rings. The molecule has 0 aliphatic heterocycles. The van der Waals surface area contributed by atoms with Crippen molar-refractivity contribution in [1.29, 1.82) is 0 Å². The number of rotatable bonds is 8. The molecule has 0 radical (unpaired) electrons. The summed E-state index contributed by atoms with van der Waals surface area (Å²) >= 11 is 7.16. The molecule has 0 bridgehead atoms. The van der Waals surface area contributed by atoms with Crippen LogP contribution in [0.4, 0.5) is 5.69 Å². The van der Waals surface area contributed by atoms with Gasteiger partial charge in [-0.05, 0) is 31.0 Å². The lowest BCUT2D eigenvalue weighted by atomic mass is 10.3. The Morgan fingerprint density at radius 2 is 2.19 bits per heavy atom. The number of nitrogens with one attached hydrogen (secondary N) is 1. The Bertz CT molecular complexity index is 837. The second kappa shape index (κ2) is 7.96. The predicted molar refractivity (Wildman–Crippen MR) is 98.5 cm³/mol. The van der Waals surface area contributed by atoms with Crippen molar-refractivity contribution in [3.63, 3.8) is 0 Å². The zero-order chi connectivity index (χ0) is 18.7. The molecule has 3 rings (SSSR count). The van der Waals surface area contributed by atoms with Crippen molar-refractivity contribution in [3.05, 3.63) is 29.0 Å². The number of hydrogen-bond donors (Lipinski definition) is 2. The fourth-order valence-electron chi connectivity index (χ4n) is 2.45. The summed E-state index contributed by atoms with van der Waals surface area (Å²) in [5.74, 6) is 0.959. The van der Waals surface area contributed by atoms with E-state index in [1.165, 1.54) is 18.9 Å². The Morgan fingerprint density at radius 1 is 1.42 bits per heavy atom. The van der Waals surface area contributed by atoms with E-state index in [0.29, 0.717) is 27.5 Å². The first-order chi connectivity index (χ1) is 12.5. The number of nitrogens with zero attached hydrogens (tertiary/aromatic N) is 3. The highest BCUT2D eigenvalue weighted by Gasteiger charge is 2.31. The van der Waals surface area contributed by atoms with Crippen LogP contribution in [0.25, 0.3) is 0 Å². The number of methoxy groups -OCH3 is 1. The van der Waals surface area contributed by atoms with Crippen LogP contribution in [0.15, 0.2) is 23.4 Å². The number of anilines is 1. The predicted octanol–water partition coefficient (Wildman–Crippen LogP) is 2.03. The van der Waals surface area contributed by atoms with Gasteiger partial charge in [0.05, 0.1) is 18.6 Å². The summed E-state index contributed by atoms with van der Waals surface area (Å²) < 4.78 is 6.90. The first-order valence-corrected chi connectivity index (χ1v) is 9.32. The Hall–Kier alpha value is -2.26. The summed E-state index contributed by atoms with van der Waals surface area (Å²) in [6.07, 6.45) is 2.05. The number of carbonyl (C=O) groups excluding carboxylic acids is 2. The summed E-state index contributed by atoms with van der Waals surface area (Å²) in [5.41, 5.74) is 5.80. The lowest BCUT2D eigenvalue weighted by molar-refractivity contribution is -0.118. The van der Waals surface area contributed by atoms with Gasteiger partial charge < -0.3 is 15.8 Å². The van der Waals surface area contributed by atoms with Crippen LogP contribution in [-0.2, 0) is 16.1 Å². The van der Waals surface area contributed by atoms with Gasteiger partial charge in [-0.3, -0.25) is 14.2 Å². The molecule has 0 saturated heterocycles. The van der Waals surface area contributed by atoms with E-state index in [0.717, 1.165) is 18.7 Å². The van der Waals surface area contributed by atoms with Gasteiger partial charge in [0, 0.05) is 10.9 Å². The normalized spacial score (nSPS) is 13.5. The average molecular weight is 396 g/mol. The number of amides is 2. The van der Waals surface area contributed by atoms with Gasteiger partial charge in [-0.1, -0.05) is 23.4 Å². The van der Waals surface area contributed by atoms with E-state index < -0.39 is 5.91 Å². The molecule has 138 valence electrons. The summed E-state index contributed by atoms with van der Waals surface area (Å²) in [5, 5.41) is 12.0. The second-order valence-electron chi connectivity index (χ2n) is 5.85. The van der Waals surface area contributed by atoms with Crippen LogP contribution in [-0.4, -0.2) is 39.4 Å². The van der Waals surface area contributed by atoms with Gasteiger partial charge in [-0.15, -0.1) is 10.2 Å². The van der Waals surface area contributed by atoms with Crippen LogP contribution in [0.5, 0.6) is 5.75 Å². The van der Waals surface area contributed by atoms with Crippen LogP contribution in [0, 0.1) is 0 Å². The lowest BCUT2D eigenvalue weighted by Crippen LogP contribution is -2.21. The van der Waals surface area contributed by atoms with E-state index in [-0.39, 0.29) is 18.2 Å². The summed E-state index contributed by atoms with van der Waals surface area (Å²) in [6, 6.07) is 4.97. The van der Waals surface area contributed by atoms with E-state index in [4.69, 9.17) is 22.1 Å². The maximum absolute atomic E-state index is 12.3. The molecule has 1 aliphatic rings. The van der Waals surface area contributed by atoms with E-state index >= 15 is 0 Å². The average Bonchev–Trinajstić information content (AvgIpc) is 3.35. The highest BCUT2D eigenvalue weighted by molar-refractivity contribution is 7.99. The van der Waals surface area contributed by atoms with Crippen LogP contribution in [0.2, 0.25) is 5.02 Å². The van der Waals surface area contributed by atoms with Crippen molar-refractivity contribution in [1.82, 2.24) is 14.8 Å². The number of ether oxygens (including phenoxy) is 1. The van der Waals surface area contributed by atoms with Gasteiger partial charge in [0.15, 0.2) is 5.16 Å². The number of halogens is 1. The van der Waals surface area contributed by atoms with Crippen LogP contribution in [0.3, 0.4) is 0 Å². The van der Waals surface area contributed by atoms with Gasteiger partial charge >= 0.3 is 0 Å². The van der Waals surface area contributed by atoms with Crippen molar-refractivity contribution < 1.29 is 14.3 Å². The molecule has 0 unspecified atom stereocenters. The van der Waals surface area contributed by atoms with E-state index in [9.17, 15) is 9.59 Å². The van der Waals surface area contributed by atoms with Crippen LogP contribution < -0.4 is 15.8 Å². The van der Waals surface area contributed by atoms with Crippen molar-refractivity contribution in [2.45, 2.75) is 30.5 Å². The molecule has 1 aromatic heterocycles. The number of hydrogen-bond acceptors (Lipinski definition) is 6. The van der Waals surface area contributed by atoms with Gasteiger partial charge in [-0.2, -0.15) is 0 Å². The maximum Gasteiger partial charge on any atom is 0.237 e. The fraction of sp³-hybridized carbons (Fsp3) is 0.375. The number of benzene rings is 1. The SMILES string of the molecule is COc1ccc(Cl)cc1NC(=O)CSc1nnc(C2CC2)n1CC(N)=O. The highest BCUT2D eigenvalue weighted by atomic mass is 35.5. The second-order valence-corrected chi connectivity index (χ2v) is 7.23. The number of primary amides is 1. The molecular formula is C16H18ClN5O3S. The third kappa shape index (κ3) is 4.47. The molecule has 26 heavy (non-hydrogen) atoms. The fourth-order valence-corrected chi connectivity index (χ4v) is 3.37. The minimum atomic E-state index is -0.471. The molecule has 2 amide bonds. The Morgan fingerprint density at radius 3 is 2.85 bits per heavy atom. The Balaban J connectivity index is 1.66. The van der Waals surface area contributed by atoms with Crippen molar-refractivity contribution in [2.75, 3.05) is 18.2 Å². The third-order valence-corrected chi connectivity index (χ3v) is 4.97. The number of nitrogens with two attached hydrogens (primary N) is 1. The Labute approximate surface area is 159 Å². The minimum absolute atomic E-state index is 0.00486.